The lowest BCUT2D eigenvalue weighted by molar-refractivity contribution is 0.0698. The summed E-state index contributed by atoms with van der Waals surface area (Å²) in [5, 5.41) is 17.3. The fourth-order valence-corrected chi connectivity index (χ4v) is 3.47. The van der Waals surface area contributed by atoms with Gasteiger partial charge in [0.25, 0.3) is 0 Å². The third-order valence-electron chi connectivity index (χ3n) is 5.22. The Labute approximate surface area is 185 Å². The van der Waals surface area contributed by atoms with Crippen LogP contribution in [0.4, 0.5) is 15.9 Å². The summed E-state index contributed by atoms with van der Waals surface area (Å²) < 4.78 is 15.5. The van der Waals surface area contributed by atoms with Crippen molar-refractivity contribution < 1.29 is 14.3 Å². The molecule has 4 rings (SSSR count). The highest BCUT2D eigenvalue weighted by molar-refractivity contribution is 5.95. The zero-order valence-corrected chi connectivity index (χ0v) is 18.0. The Hall–Kier alpha value is -4.00. The van der Waals surface area contributed by atoms with Crippen LogP contribution in [-0.2, 0) is 0 Å². The first kappa shape index (κ1) is 21.2. The minimum Gasteiger partial charge on any atom is -0.478 e. The maximum absolute atomic E-state index is 13.9. The van der Waals surface area contributed by atoms with E-state index in [1.165, 1.54) is 11.6 Å². The van der Waals surface area contributed by atoms with Crippen molar-refractivity contribution in [1.29, 1.82) is 0 Å². The highest BCUT2D eigenvalue weighted by Crippen LogP contribution is 2.30. The number of benzene rings is 2. The molecule has 0 spiro atoms. The number of carbonyl (C=O) groups is 1. The number of nitrogens with one attached hydrogen (secondary N) is 1. The van der Waals surface area contributed by atoms with Gasteiger partial charge in [0, 0.05) is 17.8 Å². The first-order valence-corrected chi connectivity index (χ1v) is 10.3. The SMILES string of the molecule is Cc1cccnc1-n1nc(-c2cccc(C(C)C)c2)cc1Nc1cc(F)ccc1C(=O)O. The lowest BCUT2D eigenvalue weighted by Crippen LogP contribution is -2.09. The zero-order valence-electron chi connectivity index (χ0n) is 18.0. The van der Waals surface area contributed by atoms with Crippen LogP contribution in [0.25, 0.3) is 17.1 Å². The number of hydrogen-bond acceptors (Lipinski definition) is 4. The molecule has 0 saturated carbocycles. The Bertz CT molecular complexity index is 1300. The topological polar surface area (TPSA) is 80.0 Å². The minimum atomic E-state index is -1.16. The first-order valence-electron chi connectivity index (χ1n) is 10.3. The Balaban J connectivity index is 1.87. The van der Waals surface area contributed by atoms with E-state index in [1.54, 1.807) is 10.9 Å². The van der Waals surface area contributed by atoms with E-state index in [1.807, 2.05) is 37.3 Å². The van der Waals surface area contributed by atoms with Gasteiger partial charge in [0.15, 0.2) is 5.82 Å². The lowest BCUT2D eigenvalue weighted by Gasteiger charge is -2.12. The van der Waals surface area contributed by atoms with Gasteiger partial charge in [-0.15, -0.1) is 0 Å². The molecule has 2 N–H and O–H groups in total. The molecule has 0 aliphatic rings. The van der Waals surface area contributed by atoms with Gasteiger partial charge in [-0.25, -0.2) is 14.2 Å². The monoisotopic (exact) mass is 430 g/mol. The number of hydrogen-bond donors (Lipinski definition) is 2. The molecule has 4 aromatic rings. The number of carboxylic acids is 1. The van der Waals surface area contributed by atoms with Gasteiger partial charge in [-0.05, 0) is 54.3 Å². The largest absolute Gasteiger partial charge is 0.478 e. The van der Waals surface area contributed by atoms with Crippen LogP contribution in [0, 0.1) is 12.7 Å². The van der Waals surface area contributed by atoms with Gasteiger partial charge >= 0.3 is 5.97 Å². The van der Waals surface area contributed by atoms with Crippen LogP contribution in [0.5, 0.6) is 0 Å². The molecular weight excluding hydrogens is 407 g/mol. The van der Waals surface area contributed by atoms with Crippen LogP contribution >= 0.6 is 0 Å². The summed E-state index contributed by atoms with van der Waals surface area (Å²) in [7, 11) is 0. The van der Waals surface area contributed by atoms with Crippen molar-refractivity contribution in [3.05, 3.63) is 89.4 Å². The Morgan fingerprint density at radius 2 is 1.91 bits per heavy atom. The third kappa shape index (κ3) is 4.23. The van der Waals surface area contributed by atoms with Crippen molar-refractivity contribution in [1.82, 2.24) is 14.8 Å². The molecular formula is C25H23FN4O2. The van der Waals surface area contributed by atoms with Crippen molar-refractivity contribution in [3.8, 4) is 17.1 Å². The van der Waals surface area contributed by atoms with E-state index in [2.05, 4.69) is 36.3 Å². The van der Waals surface area contributed by atoms with E-state index in [0.29, 0.717) is 23.2 Å². The van der Waals surface area contributed by atoms with Crippen LogP contribution in [0.15, 0.2) is 66.9 Å². The standard InChI is InChI=1S/C25H23FN4O2/c1-15(2)17-7-4-8-18(12-17)21-14-23(30(29-21)24-16(3)6-5-11-27-24)28-22-13-19(26)9-10-20(22)25(31)32/h4-15,28H,1-3H3,(H,31,32). The van der Waals surface area contributed by atoms with Crippen molar-refractivity contribution in [3.63, 3.8) is 0 Å². The maximum atomic E-state index is 13.9. The van der Waals surface area contributed by atoms with Gasteiger partial charge in [0.2, 0.25) is 0 Å². The molecule has 0 saturated heterocycles. The fraction of sp³-hybridized carbons (Fsp3) is 0.160. The van der Waals surface area contributed by atoms with E-state index in [9.17, 15) is 14.3 Å². The molecule has 2 aromatic heterocycles. The van der Waals surface area contributed by atoms with Crippen LogP contribution < -0.4 is 5.32 Å². The molecule has 0 bridgehead atoms. The predicted octanol–water partition coefficient (Wildman–Crippen LogP) is 5.95. The van der Waals surface area contributed by atoms with Crippen LogP contribution in [-0.4, -0.2) is 25.8 Å². The first-order chi connectivity index (χ1) is 15.3. The van der Waals surface area contributed by atoms with Crippen LogP contribution in [0.1, 0.15) is 41.3 Å². The highest BCUT2D eigenvalue weighted by atomic mass is 19.1. The Kier molecular flexibility index (Phi) is 5.73. The lowest BCUT2D eigenvalue weighted by atomic mass is 10.00. The van der Waals surface area contributed by atoms with Gasteiger partial charge in [-0.2, -0.15) is 9.78 Å². The zero-order chi connectivity index (χ0) is 22.8. The normalized spacial score (nSPS) is 11.0. The molecule has 2 heterocycles. The van der Waals surface area contributed by atoms with Gasteiger partial charge in [0.05, 0.1) is 16.9 Å². The summed E-state index contributed by atoms with van der Waals surface area (Å²) in [4.78, 5) is 16.1. The summed E-state index contributed by atoms with van der Waals surface area (Å²) in [6.07, 6.45) is 1.66. The second-order valence-corrected chi connectivity index (χ2v) is 7.87. The van der Waals surface area contributed by atoms with Crippen molar-refractivity contribution >= 4 is 17.5 Å². The number of aromatic nitrogens is 3. The number of rotatable bonds is 6. The summed E-state index contributed by atoms with van der Waals surface area (Å²) in [5.74, 6) is -0.266. The molecule has 6 nitrogen and oxygen atoms in total. The molecule has 0 aliphatic heterocycles. The third-order valence-corrected chi connectivity index (χ3v) is 5.22. The van der Waals surface area contributed by atoms with E-state index >= 15 is 0 Å². The van der Waals surface area contributed by atoms with E-state index in [-0.39, 0.29) is 11.3 Å². The average molecular weight is 430 g/mol. The van der Waals surface area contributed by atoms with E-state index in [0.717, 1.165) is 23.3 Å². The number of carboxylic acid groups (broad SMARTS) is 1. The van der Waals surface area contributed by atoms with Crippen molar-refractivity contribution in [2.24, 2.45) is 0 Å². The van der Waals surface area contributed by atoms with Crippen LogP contribution in [0.3, 0.4) is 0 Å². The Morgan fingerprint density at radius 1 is 1.09 bits per heavy atom. The molecule has 7 heteroatoms. The molecule has 0 amide bonds. The molecule has 0 fully saturated rings. The molecule has 32 heavy (non-hydrogen) atoms. The maximum Gasteiger partial charge on any atom is 0.337 e. The quantitative estimate of drug-likeness (QED) is 0.395. The highest BCUT2D eigenvalue weighted by Gasteiger charge is 2.18. The second kappa shape index (κ2) is 8.63. The van der Waals surface area contributed by atoms with E-state index < -0.39 is 11.8 Å². The molecule has 0 atom stereocenters. The smallest absolute Gasteiger partial charge is 0.337 e. The molecule has 2 aromatic carbocycles. The van der Waals surface area contributed by atoms with Crippen molar-refractivity contribution in [2.75, 3.05) is 5.32 Å². The number of nitrogens with zero attached hydrogens (tertiary/aromatic N) is 3. The van der Waals surface area contributed by atoms with Crippen LogP contribution in [0.2, 0.25) is 0 Å². The number of aromatic carboxylic acids is 1. The Morgan fingerprint density at radius 3 is 2.62 bits per heavy atom. The molecule has 0 unspecified atom stereocenters. The van der Waals surface area contributed by atoms with Gasteiger partial charge in [-0.1, -0.05) is 38.1 Å². The number of aryl methyl sites for hydroxylation is 1. The number of pyridine rings is 1. The van der Waals surface area contributed by atoms with Gasteiger partial charge in [0.1, 0.15) is 11.6 Å². The van der Waals surface area contributed by atoms with Gasteiger partial charge < -0.3 is 10.4 Å². The number of halogens is 1. The summed E-state index contributed by atoms with van der Waals surface area (Å²) in [6, 6.07) is 17.2. The summed E-state index contributed by atoms with van der Waals surface area (Å²) in [5.41, 5.74) is 3.77. The van der Waals surface area contributed by atoms with Gasteiger partial charge in [-0.3, -0.25) is 0 Å². The second-order valence-electron chi connectivity index (χ2n) is 7.87. The summed E-state index contributed by atoms with van der Waals surface area (Å²) >= 11 is 0. The molecule has 162 valence electrons. The van der Waals surface area contributed by atoms with Crippen molar-refractivity contribution in [2.45, 2.75) is 26.7 Å². The number of anilines is 2. The average Bonchev–Trinajstić information content (AvgIpc) is 3.17. The minimum absolute atomic E-state index is 0.0414. The summed E-state index contributed by atoms with van der Waals surface area (Å²) in [6.45, 7) is 6.16. The fourth-order valence-electron chi connectivity index (χ4n) is 3.47. The molecule has 0 aliphatic carbocycles. The van der Waals surface area contributed by atoms with E-state index in [4.69, 9.17) is 5.10 Å². The molecule has 0 radical (unpaired) electrons. The predicted molar refractivity (Wildman–Crippen MR) is 122 cm³/mol.